The number of benzene rings is 2. The summed E-state index contributed by atoms with van der Waals surface area (Å²) in [5.74, 6) is 0.361. The van der Waals surface area contributed by atoms with Crippen molar-refractivity contribution in [3.63, 3.8) is 0 Å². The number of aromatic nitrogens is 2. The summed E-state index contributed by atoms with van der Waals surface area (Å²) >= 11 is 0. The standard InChI is InChI=1S/C19H18F2N4O/c1-12(2)26-15-6-4-14(5-7-15)24-18-10-19(23-11-22-18)25-17-8-3-13(20)9-16(17)21/h3-12H,1-2H3,(H2,22,23,24,25). The number of ether oxygens (including phenoxy) is 1. The van der Waals surface area contributed by atoms with Gasteiger partial charge in [0.05, 0.1) is 11.8 Å². The Kier molecular flexibility index (Phi) is 5.26. The maximum atomic E-state index is 13.7. The number of anilines is 4. The molecular weight excluding hydrogens is 338 g/mol. The Labute approximate surface area is 150 Å². The molecule has 0 fully saturated rings. The van der Waals surface area contributed by atoms with Gasteiger partial charge in [-0.25, -0.2) is 18.7 Å². The van der Waals surface area contributed by atoms with Crippen LogP contribution in [0.15, 0.2) is 54.9 Å². The van der Waals surface area contributed by atoms with Gasteiger partial charge in [-0.2, -0.15) is 0 Å². The molecule has 2 aromatic carbocycles. The van der Waals surface area contributed by atoms with Crippen molar-refractivity contribution >= 4 is 23.0 Å². The zero-order valence-electron chi connectivity index (χ0n) is 14.3. The normalized spacial score (nSPS) is 10.7. The van der Waals surface area contributed by atoms with E-state index >= 15 is 0 Å². The first-order valence-corrected chi connectivity index (χ1v) is 8.07. The third kappa shape index (κ3) is 4.66. The van der Waals surface area contributed by atoms with Crippen molar-refractivity contribution in [2.75, 3.05) is 10.6 Å². The summed E-state index contributed by atoms with van der Waals surface area (Å²) in [6, 6.07) is 12.4. The highest BCUT2D eigenvalue weighted by Crippen LogP contribution is 2.23. The van der Waals surface area contributed by atoms with E-state index in [4.69, 9.17) is 4.74 Å². The van der Waals surface area contributed by atoms with Crippen molar-refractivity contribution in [1.82, 2.24) is 9.97 Å². The van der Waals surface area contributed by atoms with E-state index in [1.54, 1.807) is 6.07 Å². The summed E-state index contributed by atoms with van der Waals surface area (Å²) in [4.78, 5) is 8.18. The Bertz CT molecular complexity index is 885. The van der Waals surface area contributed by atoms with Crippen LogP contribution in [0.4, 0.5) is 31.8 Å². The lowest BCUT2D eigenvalue weighted by Crippen LogP contribution is -2.05. The van der Waals surface area contributed by atoms with Crippen LogP contribution in [0.5, 0.6) is 5.75 Å². The van der Waals surface area contributed by atoms with E-state index < -0.39 is 11.6 Å². The predicted octanol–water partition coefficient (Wildman–Crippen LogP) is 5.03. The lowest BCUT2D eigenvalue weighted by molar-refractivity contribution is 0.242. The minimum Gasteiger partial charge on any atom is -0.491 e. The first-order valence-electron chi connectivity index (χ1n) is 8.07. The first-order chi connectivity index (χ1) is 12.5. The van der Waals surface area contributed by atoms with E-state index in [0.717, 1.165) is 17.5 Å². The van der Waals surface area contributed by atoms with Crippen molar-refractivity contribution in [2.45, 2.75) is 20.0 Å². The van der Waals surface area contributed by atoms with Crippen LogP contribution in [0.25, 0.3) is 0 Å². The molecule has 0 aliphatic rings. The Morgan fingerprint density at radius 1 is 0.885 bits per heavy atom. The van der Waals surface area contributed by atoms with Gasteiger partial charge in [-0.1, -0.05) is 0 Å². The average Bonchev–Trinajstić information content (AvgIpc) is 2.59. The van der Waals surface area contributed by atoms with Crippen LogP contribution in [0.3, 0.4) is 0 Å². The number of halogens is 2. The van der Waals surface area contributed by atoms with Crippen molar-refractivity contribution in [1.29, 1.82) is 0 Å². The Hall–Kier alpha value is -3.22. The Balaban J connectivity index is 1.71. The largest absolute Gasteiger partial charge is 0.491 e. The zero-order chi connectivity index (χ0) is 18.5. The molecule has 3 rings (SSSR count). The summed E-state index contributed by atoms with van der Waals surface area (Å²) in [5, 5.41) is 5.94. The minimum atomic E-state index is -0.695. The number of nitrogens with zero attached hydrogens (tertiary/aromatic N) is 2. The summed E-state index contributed by atoms with van der Waals surface area (Å²) in [5.41, 5.74) is 0.949. The summed E-state index contributed by atoms with van der Waals surface area (Å²) in [6.07, 6.45) is 1.46. The number of hydrogen-bond donors (Lipinski definition) is 2. The molecule has 0 aliphatic carbocycles. The molecule has 0 atom stereocenters. The molecule has 0 radical (unpaired) electrons. The highest BCUT2D eigenvalue weighted by molar-refractivity contribution is 5.63. The van der Waals surface area contributed by atoms with Crippen LogP contribution >= 0.6 is 0 Å². The Morgan fingerprint density at radius 2 is 1.58 bits per heavy atom. The summed E-state index contributed by atoms with van der Waals surface area (Å²) < 4.78 is 32.3. The summed E-state index contributed by atoms with van der Waals surface area (Å²) in [6.45, 7) is 3.93. The van der Waals surface area contributed by atoms with Crippen LogP contribution < -0.4 is 15.4 Å². The van der Waals surface area contributed by atoms with E-state index in [9.17, 15) is 8.78 Å². The van der Waals surface area contributed by atoms with Crippen LogP contribution in [-0.2, 0) is 0 Å². The molecule has 134 valence electrons. The van der Waals surface area contributed by atoms with Crippen LogP contribution in [0.2, 0.25) is 0 Å². The van der Waals surface area contributed by atoms with Gasteiger partial charge in [0.25, 0.3) is 0 Å². The van der Waals surface area contributed by atoms with E-state index in [1.807, 2.05) is 38.1 Å². The highest BCUT2D eigenvalue weighted by atomic mass is 19.1. The second-order valence-corrected chi connectivity index (χ2v) is 5.85. The van der Waals surface area contributed by atoms with E-state index in [1.165, 1.54) is 18.5 Å². The predicted molar refractivity (Wildman–Crippen MR) is 97.2 cm³/mol. The number of hydrogen-bond acceptors (Lipinski definition) is 5. The quantitative estimate of drug-likeness (QED) is 0.649. The molecule has 0 unspecified atom stereocenters. The van der Waals surface area contributed by atoms with Crippen molar-refractivity contribution in [3.8, 4) is 5.75 Å². The summed E-state index contributed by atoms with van der Waals surface area (Å²) in [7, 11) is 0. The minimum absolute atomic E-state index is 0.108. The number of nitrogens with one attached hydrogen (secondary N) is 2. The molecule has 0 saturated heterocycles. The molecule has 3 aromatic rings. The van der Waals surface area contributed by atoms with E-state index in [2.05, 4.69) is 20.6 Å². The lowest BCUT2D eigenvalue weighted by atomic mass is 10.3. The van der Waals surface area contributed by atoms with E-state index in [0.29, 0.717) is 11.6 Å². The van der Waals surface area contributed by atoms with Gasteiger partial charge in [0.2, 0.25) is 0 Å². The molecule has 7 heteroatoms. The van der Waals surface area contributed by atoms with Gasteiger partial charge < -0.3 is 15.4 Å². The third-order valence-corrected chi connectivity index (χ3v) is 3.36. The molecule has 1 heterocycles. The average molecular weight is 356 g/mol. The molecular formula is C19H18F2N4O. The maximum Gasteiger partial charge on any atom is 0.149 e. The van der Waals surface area contributed by atoms with Gasteiger partial charge in [-0.15, -0.1) is 0 Å². The fraction of sp³-hybridized carbons (Fsp3) is 0.158. The van der Waals surface area contributed by atoms with Crippen molar-refractivity contribution in [3.05, 3.63) is 66.5 Å². The molecule has 0 bridgehead atoms. The third-order valence-electron chi connectivity index (χ3n) is 3.36. The van der Waals surface area contributed by atoms with E-state index in [-0.39, 0.29) is 11.8 Å². The second-order valence-electron chi connectivity index (χ2n) is 5.85. The van der Waals surface area contributed by atoms with Gasteiger partial charge in [0.15, 0.2) is 0 Å². The van der Waals surface area contributed by atoms with Gasteiger partial charge in [0, 0.05) is 17.8 Å². The monoisotopic (exact) mass is 356 g/mol. The fourth-order valence-corrected chi connectivity index (χ4v) is 2.26. The lowest BCUT2D eigenvalue weighted by Gasteiger charge is -2.11. The van der Waals surface area contributed by atoms with Crippen LogP contribution in [-0.4, -0.2) is 16.1 Å². The molecule has 0 aliphatic heterocycles. The second kappa shape index (κ2) is 7.77. The molecule has 1 aromatic heterocycles. The van der Waals surface area contributed by atoms with Crippen molar-refractivity contribution in [2.24, 2.45) is 0 Å². The highest BCUT2D eigenvalue weighted by Gasteiger charge is 2.06. The van der Waals surface area contributed by atoms with Gasteiger partial charge in [-0.05, 0) is 50.2 Å². The fourth-order valence-electron chi connectivity index (χ4n) is 2.26. The molecule has 0 spiro atoms. The topological polar surface area (TPSA) is 59.1 Å². The van der Waals surface area contributed by atoms with Gasteiger partial charge in [-0.3, -0.25) is 0 Å². The molecule has 5 nitrogen and oxygen atoms in total. The zero-order valence-corrected chi connectivity index (χ0v) is 14.3. The number of rotatable bonds is 6. The van der Waals surface area contributed by atoms with Gasteiger partial charge >= 0.3 is 0 Å². The SMILES string of the molecule is CC(C)Oc1ccc(Nc2cc(Nc3ccc(F)cc3F)ncn2)cc1. The van der Waals surface area contributed by atoms with Crippen molar-refractivity contribution < 1.29 is 13.5 Å². The molecule has 0 amide bonds. The first kappa shape index (κ1) is 17.6. The molecule has 2 N–H and O–H groups in total. The Morgan fingerprint density at radius 3 is 2.23 bits per heavy atom. The van der Waals surface area contributed by atoms with Crippen LogP contribution in [0.1, 0.15) is 13.8 Å². The van der Waals surface area contributed by atoms with Gasteiger partial charge in [0.1, 0.15) is 35.3 Å². The van der Waals surface area contributed by atoms with Crippen LogP contribution in [0, 0.1) is 11.6 Å². The smallest absolute Gasteiger partial charge is 0.149 e. The maximum absolute atomic E-state index is 13.7. The molecule has 0 saturated carbocycles. The molecule has 26 heavy (non-hydrogen) atoms.